The lowest BCUT2D eigenvalue weighted by Gasteiger charge is -2.36. The van der Waals surface area contributed by atoms with E-state index in [0.29, 0.717) is 31.7 Å². The van der Waals surface area contributed by atoms with Gasteiger partial charge in [-0.2, -0.15) is 0 Å². The van der Waals surface area contributed by atoms with Gasteiger partial charge >= 0.3 is 0 Å². The van der Waals surface area contributed by atoms with Crippen molar-refractivity contribution in [2.45, 2.75) is 18.7 Å². The molecule has 222 valence electrons. The van der Waals surface area contributed by atoms with Crippen LogP contribution in [0.4, 0.5) is 15.8 Å². The van der Waals surface area contributed by atoms with Crippen LogP contribution in [-0.2, 0) is 19.6 Å². The van der Waals surface area contributed by atoms with Crippen molar-refractivity contribution in [1.82, 2.24) is 14.9 Å². The molecule has 43 heavy (non-hydrogen) atoms. The number of rotatable bonds is 8. The van der Waals surface area contributed by atoms with Crippen molar-refractivity contribution in [3.8, 4) is 17.0 Å². The van der Waals surface area contributed by atoms with Crippen LogP contribution in [0.5, 0.6) is 5.88 Å². The summed E-state index contributed by atoms with van der Waals surface area (Å²) in [5.41, 5.74) is 4.10. The highest BCUT2D eigenvalue weighted by atomic mass is 32.2. The molecule has 1 fully saturated rings. The van der Waals surface area contributed by atoms with Crippen LogP contribution < -0.4 is 14.4 Å². The fourth-order valence-corrected chi connectivity index (χ4v) is 6.16. The third kappa shape index (κ3) is 6.33. The molecule has 1 amide bonds. The van der Waals surface area contributed by atoms with E-state index in [0.717, 1.165) is 33.8 Å². The van der Waals surface area contributed by atoms with Crippen LogP contribution in [-0.4, -0.2) is 68.3 Å². The van der Waals surface area contributed by atoms with E-state index in [2.05, 4.69) is 19.6 Å². The first-order valence-electron chi connectivity index (χ1n) is 13.5. The number of ketones is 1. The van der Waals surface area contributed by atoms with Crippen molar-refractivity contribution in [1.29, 1.82) is 0 Å². The second-order valence-electron chi connectivity index (χ2n) is 10.1. The van der Waals surface area contributed by atoms with Crippen LogP contribution in [0.2, 0.25) is 0 Å². The van der Waals surface area contributed by atoms with Gasteiger partial charge in [0.05, 0.1) is 12.6 Å². The number of allylic oxidation sites excluding steroid dienone is 1. The monoisotopic (exact) mass is 603 g/mol. The van der Waals surface area contributed by atoms with Gasteiger partial charge in [-0.15, -0.1) is 0 Å². The van der Waals surface area contributed by atoms with E-state index >= 15 is 0 Å². The van der Waals surface area contributed by atoms with Crippen LogP contribution in [0, 0.1) is 12.7 Å². The number of hydrogen-bond acceptors (Lipinski definition) is 8. The fraction of sp³-hybridized carbons (Fsp3) is 0.226. The number of hydrogen-bond donors (Lipinski definition) is 1. The number of piperazine rings is 1. The van der Waals surface area contributed by atoms with Crippen LogP contribution >= 0.6 is 0 Å². The van der Waals surface area contributed by atoms with E-state index in [9.17, 15) is 22.4 Å². The maximum Gasteiger partial charge on any atom is 0.264 e. The molecule has 0 spiro atoms. The van der Waals surface area contributed by atoms with E-state index in [1.165, 1.54) is 44.4 Å². The first-order valence-corrected chi connectivity index (χ1v) is 15.0. The number of pyridine rings is 2. The summed E-state index contributed by atoms with van der Waals surface area (Å²) in [6.07, 6.45) is 5.92. The second kappa shape index (κ2) is 12.2. The molecule has 0 atom stereocenters. The van der Waals surface area contributed by atoms with Crippen molar-refractivity contribution in [3.63, 3.8) is 0 Å². The summed E-state index contributed by atoms with van der Waals surface area (Å²) >= 11 is 0. The van der Waals surface area contributed by atoms with E-state index in [1.54, 1.807) is 23.4 Å². The zero-order valence-corrected chi connectivity index (χ0v) is 24.7. The second-order valence-corrected chi connectivity index (χ2v) is 11.7. The number of fused-ring (bicyclic) bond motifs is 1. The molecule has 2 aromatic carbocycles. The van der Waals surface area contributed by atoms with Gasteiger partial charge in [0.15, 0.2) is 5.78 Å². The van der Waals surface area contributed by atoms with Crippen LogP contribution in [0.3, 0.4) is 0 Å². The van der Waals surface area contributed by atoms with Crippen molar-refractivity contribution in [2.24, 2.45) is 0 Å². The normalized spacial score (nSPS) is 13.9. The Morgan fingerprint density at radius 1 is 1.00 bits per heavy atom. The topological polar surface area (TPSA) is 122 Å². The zero-order chi connectivity index (χ0) is 30.7. The highest BCUT2D eigenvalue weighted by Gasteiger charge is 2.23. The first-order chi connectivity index (χ1) is 20.6. The Labute approximate surface area is 248 Å². The number of nitrogens with one attached hydrogen (secondary N) is 1. The summed E-state index contributed by atoms with van der Waals surface area (Å²) in [7, 11) is -2.90. The smallest absolute Gasteiger partial charge is 0.264 e. The number of ether oxygens (including phenoxy) is 1. The molecule has 10 nitrogen and oxygen atoms in total. The minimum absolute atomic E-state index is 0.0362. The number of anilines is 2. The Hall–Kier alpha value is -4.84. The minimum Gasteiger partial charge on any atom is -0.480 e. The predicted molar refractivity (Wildman–Crippen MR) is 162 cm³/mol. The minimum atomic E-state index is -4.27. The largest absolute Gasteiger partial charge is 0.480 e. The van der Waals surface area contributed by atoms with Gasteiger partial charge in [-0.25, -0.2) is 17.8 Å². The Morgan fingerprint density at radius 3 is 2.44 bits per heavy atom. The summed E-state index contributed by atoms with van der Waals surface area (Å²) in [4.78, 5) is 36.0. The molecule has 0 saturated carbocycles. The molecule has 12 heteroatoms. The number of carbonyl (C=O) groups is 2. The molecule has 0 aliphatic carbocycles. The Balaban J connectivity index is 1.47. The van der Waals surface area contributed by atoms with Gasteiger partial charge in [0, 0.05) is 61.3 Å². The molecule has 0 bridgehead atoms. The third-order valence-corrected chi connectivity index (χ3v) is 8.55. The molecule has 0 unspecified atom stereocenters. The molecule has 2 aromatic heterocycles. The standard InChI is InChI=1S/C31H30FN5O5S/c1-20-16-22(23-18-26(31(42-3)34-19-23)35-43(40,41)28-7-5-4-6-25(28)32)17-24-27(10-11-33-30(20)24)36-12-14-37(15-13-36)29(39)9-8-21(2)38/h4-11,16-19,35H,12-15H2,1-3H3/b9-8+. The number of carbonyl (C=O) groups excluding carboxylic acids is 2. The van der Waals surface area contributed by atoms with Gasteiger partial charge in [0.25, 0.3) is 10.0 Å². The molecule has 0 radical (unpaired) electrons. The quantitative estimate of drug-likeness (QED) is 0.295. The molecule has 1 N–H and O–H groups in total. The summed E-state index contributed by atoms with van der Waals surface area (Å²) in [6.45, 7) is 5.52. The third-order valence-electron chi connectivity index (χ3n) is 7.15. The summed E-state index contributed by atoms with van der Waals surface area (Å²) < 4.78 is 48.1. The SMILES string of the molecule is COc1ncc(-c2cc(C)c3nccc(N4CCN(C(=O)/C=C/C(C)=O)CC4)c3c2)cc1NS(=O)(=O)c1ccccc1F. The maximum absolute atomic E-state index is 14.3. The number of aryl methyl sites for hydroxylation is 1. The van der Waals surface area contributed by atoms with Crippen LogP contribution in [0.15, 0.2) is 78.0 Å². The lowest BCUT2D eigenvalue weighted by molar-refractivity contribution is -0.126. The lowest BCUT2D eigenvalue weighted by atomic mass is 9.99. The van der Waals surface area contributed by atoms with Crippen LogP contribution in [0.1, 0.15) is 12.5 Å². The van der Waals surface area contributed by atoms with Crippen molar-refractivity contribution in [2.75, 3.05) is 42.9 Å². The molecule has 1 aliphatic heterocycles. The highest BCUT2D eigenvalue weighted by molar-refractivity contribution is 7.92. The van der Waals surface area contributed by atoms with Gasteiger partial charge in [-0.3, -0.25) is 19.3 Å². The van der Waals surface area contributed by atoms with E-state index in [-0.39, 0.29) is 23.3 Å². The van der Waals surface area contributed by atoms with E-state index in [1.807, 2.05) is 25.1 Å². The average Bonchev–Trinajstić information content (AvgIpc) is 2.99. The molecular formula is C31H30FN5O5S. The van der Waals surface area contributed by atoms with Crippen molar-refractivity contribution >= 4 is 44.0 Å². The molecular weight excluding hydrogens is 573 g/mol. The number of benzene rings is 2. The van der Waals surface area contributed by atoms with Gasteiger partial charge in [-0.1, -0.05) is 12.1 Å². The lowest BCUT2D eigenvalue weighted by Crippen LogP contribution is -2.48. The van der Waals surface area contributed by atoms with Crippen molar-refractivity contribution < 1.29 is 27.1 Å². The summed E-state index contributed by atoms with van der Waals surface area (Å²) in [5.74, 6) is -1.21. The Bertz CT molecular complexity index is 1850. The summed E-state index contributed by atoms with van der Waals surface area (Å²) in [5, 5.41) is 0.887. The molecule has 1 saturated heterocycles. The van der Waals surface area contributed by atoms with Gasteiger partial charge in [-0.05, 0) is 67.4 Å². The molecule has 4 aromatic rings. The van der Waals surface area contributed by atoms with E-state index < -0.39 is 20.7 Å². The first kappa shape index (κ1) is 29.6. The van der Waals surface area contributed by atoms with Crippen LogP contribution in [0.25, 0.3) is 22.0 Å². The van der Waals surface area contributed by atoms with Crippen molar-refractivity contribution in [3.05, 3.63) is 84.5 Å². The number of nitrogens with zero attached hydrogens (tertiary/aromatic N) is 4. The number of methoxy groups -OCH3 is 1. The number of halogens is 1. The number of aromatic nitrogens is 2. The fourth-order valence-electron chi connectivity index (χ4n) is 5.03. The highest BCUT2D eigenvalue weighted by Crippen LogP contribution is 2.35. The van der Waals surface area contributed by atoms with Gasteiger partial charge in [0.1, 0.15) is 16.4 Å². The average molecular weight is 604 g/mol. The molecule has 5 rings (SSSR count). The summed E-state index contributed by atoms with van der Waals surface area (Å²) in [6, 6.07) is 12.5. The van der Waals surface area contributed by atoms with Gasteiger partial charge in [0.2, 0.25) is 11.8 Å². The zero-order valence-electron chi connectivity index (χ0n) is 23.9. The molecule has 1 aliphatic rings. The molecule has 3 heterocycles. The van der Waals surface area contributed by atoms with Gasteiger partial charge < -0.3 is 14.5 Å². The number of sulfonamides is 1. The predicted octanol–water partition coefficient (Wildman–Crippen LogP) is 4.35. The Kier molecular flexibility index (Phi) is 8.40. The Morgan fingerprint density at radius 2 is 1.74 bits per heavy atom. The van der Waals surface area contributed by atoms with E-state index in [4.69, 9.17) is 4.74 Å². The maximum atomic E-state index is 14.3. The number of amides is 1.